The zero-order chi connectivity index (χ0) is 9.97. The van der Waals surface area contributed by atoms with E-state index in [0.717, 1.165) is 38.6 Å². The van der Waals surface area contributed by atoms with Crippen molar-refractivity contribution in [2.45, 2.75) is 44.6 Å². The second-order valence-corrected chi connectivity index (χ2v) is 4.56. The van der Waals surface area contributed by atoms with E-state index in [2.05, 4.69) is 5.32 Å². The summed E-state index contributed by atoms with van der Waals surface area (Å²) in [5.41, 5.74) is 0. The Labute approximate surface area is 84.9 Å². The van der Waals surface area contributed by atoms with Crippen LogP contribution < -0.4 is 5.32 Å². The number of hydrogen-bond donors (Lipinski definition) is 2. The molecule has 1 saturated carbocycles. The summed E-state index contributed by atoms with van der Waals surface area (Å²) in [6, 6.07) is 0. The fourth-order valence-electron chi connectivity index (χ4n) is 2.81. The molecule has 1 aliphatic carbocycles. The second-order valence-electron chi connectivity index (χ2n) is 4.56. The molecule has 1 amide bonds. The molecule has 14 heavy (non-hydrogen) atoms. The highest BCUT2D eigenvalue weighted by Crippen LogP contribution is 2.33. The van der Waals surface area contributed by atoms with Crippen LogP contribution >= 0.6 is 0 Å². The van der Waals surface area contributed by atoms with Crippen molar-refractivity contribution in [1.82, 2.24) is 5.32 Å². The Kier molecular flexibility index (Phi) is 3.06. The molecular weight excluding hydrogens is 178 g/mol. The average Bonchev–Trinajstić information content (AvgIpc) is 2.20. The van der Waals surface area contributed by atoms with Crippen LogP contribution in [0.3, 0.4) is 0 Å². The zero-order valence-corrected chi connectivity index (χ0v) is 8.54. The van der Waals surface area contributed by atoms with Gasteiger partial charge in [0.1, 0.15) is 0 Å². The van der Waals surface area contributed by atoms with Gasteiger partial charge in [0.05, 0.1) is 6.10 Å². The highest BCUT2D eigenvalue weighted by molar-refractivity contribution is 5.79. The maximum Gasteiger partial charge on any atom is 0.223 e. The standard InChI is InChI=1S/C11H19NO2/c13-10-6-2-1-4-8(10)9-5-3-7-12-11(9)14/h8-10,13H,1-7H2,(H,12,14). The van der Waals surface area contributed by atoms with Crippen LogP contribution in [-0.4, -0.2) is 23.7 Å². The molecule has 3 atom stereocenters. The van der Waals surface area contributed by atoms with Gasteiger partial charge in [-0.1, -0.05) is 12.8 Å². The third kappa shape index (κ3) is 1.92. The first-order valence-electron chi connectivity index (χ1n) is 5.75. The molecule has 0 bridgehead atoms. The van der Waals surface area contributed by atoms with Gasteiger partial charge in [0.2, 0.25) is 5.91 Å². The number of carbonyl (C=O) groups excluding carboxylic acids is 1. The lowest BCUT2D eigenvalue weighted by Crippen LogP contribution is -2.44. The van der Waals surface area contributed by atoms with Crippen LogP contribution in [0.15, 0.2) is 0 Å². The van der Waals surface area contributed by atoms with Crippen LogP contribution in [0.1, 0.15) is 38.5 Å². The lowest BCUT2D eigenvalue weighted by molar-refractivity contribution is -0.131. The molecule has 3 heteroatoms. The van der Waals surface area contributed by atoms with Crippen LogP contribution in [0, 0.1) is 11.8 Å². The highest BCUT2D eigenvalue weighted by atomic mass is 16.3. The summed E-state index contributed by atoms with van der Waals surface area (Å²) in [4.78, 5) is 11.6. The van der Waals surface area contributed by atoms with E-state index in [9.17, 15) is 9.90 Å². The molecule has 2 aliphatic rings. The van der Waals surface area contributed by atoms with Crippen LogP contribution in [0.25, 0.3) is 0 Å². The van der Waals surface area contributed by atoms with E-state index in [1.807, 2.05) is 0 Å². The summed E-state index contributed by atoms with van der Waals surface area (Å²) in [7, 11) is 0. The van der Waals surface area contributed by atoms with Gasteiger partial charge in [-0.25, -0.2) is 0 Å². The lowest BCUT2D eigenvalue weighted by atomic mass is 9.75. The fourth-order valence-corrected chi connectivity index (χ4v) is 2.81. The van der Waals surface area contributed by atoms with E-state index in [1.54, 1.807) is 0 Å². The SMILES string of the molecule is O=C1NCCCC1C1CCCCC1O. The van der Waals surface area contributed by atoms with Gasteiger partial charge in [0.15, 0.2) is 0 Å². The average molecular weight is 197 g/mol. The molecule has 80 valence electrons. The summed E-state index contributed by atoms with van der Waals surface area (Å²) in [6.45, 7) is 0.818. The van der Waals surface area contributed by atoms with Crippen LogP contribution in [-0.2, 0) is 4.79 Å². The third-order valence-electron chi connectivity index (χ3n) is 3.63. The number of rotatable bonds is 1. The molecule has 0 radical (unpaired) electrons. The first kappa shape index (κ1) is 9.97. The van der Waals surface area contributed by atoms with Crippen LogP contribution in [0.5, 0.6) is 0 Å². The lowest BCUT2D eigenvalue weighted by Gasteiger charge is -2.35. The topological polar surface area (TPSA) is 49.3 Å². The number of aliphatic hydroxyl groups is 1. The van der Waals surface area contributed by atoms with Gasteiger partial charge in [0, 0.05) is 12.5 Å². The molecule has 0 aromatic rings. The Bertz CT molecular complexity index is 217. The maximum absolute atomic E-state index is 11.6. The summed E-state index contributed by atoms with van der Waals surface area (Å²) >= 11 is 0. The van der Waals surface area contributed by atoms with Crippen molar-refractivity contribution in [2.24, 2.45) is 11.8 Å². The van der Waals surface area contributed by atoms with Gasteiger partial charge in [-0.2, -0.15) is 0 Å². The van der Waals surface area contributed by atoms with Crippen molar-refractivity contribution < 1.29 is 9.90 Å². The minimum absolute atomic E-state index is 0.0825. The molecule has 1 saturated heterocycles. The van der Waals surface area contributed by atoms with Crippen molar-refractivity contribution in [3.8, 4) is 0 Å². The molecule has 3 unspecified atom stereocenters. The molecule has 3 nitrogen and oxygen atoms in total. The van der Waals surface area contributed by atoms with Gasteiger partial charge < -0.3 is 10.4 Å². The largest absolute Gasteiger partial charge is 0.393 e. The number of aliphatic hydroxyl groups excluding tert-OH is 1. The van der Waals surface area contributed by atoms with Gasteiger partial charge >= 0.3 is 0 Å². The van der Waals surface area contributed by atoms with Crippen LogP contribution in [0.2, 0.25) is 0 Å². The van der Waals surface area contributed by atoms with Crippen molar-refractivity contribution in [2.75, 3.05) is 6.54 Å². The smallest absolute Gasteiger partial charge is 0.223 e. The zero-order valence-electron chi connectivity index (χ0n) is 8.54. The number of carbonyl (C=O) groups is 1. The molecule has 1 heterocycles. The van der Waals surface area contributed by atoms with Gasteiger partial charge in [-0.15, -0.1) is 0 Å². The van der Waals surface area contributed by atoms with E-state index < -0.39 is 0 Å². The van der Waals surface area contributed by atoms with E-state index in [1.165, 1.54) is 6.42 Å². The fraction of sp³-hybridized carbons (Fsp3) is 0.909. The molecular formula is C11H19NO2. The maximum atomic E-state index is 11.6. The number of piperidine rings is 1. The van der Waals surface area contributed by atoms with Gasteiger partial charge in [0.25, 0.3) is 0 Å². The summed E-state index contributed by atoms with van der Waals surface area (Å²) in [5.74, 6) is 0.477. The Morgan fingerprint density at radius 2 is 1.93 bits per heavy atom. The Morgan fingerprint density at radius 3 is 2.64 bits per heavy atom. The minimum atomic E-state index is -0.238. The summed E-state index contributed by atoms with van der Waals surface area (Å²) in [6.07, 6.45) is 6.00. The molecule has 1 aliphatic heterocycles. The van der Waals surface area contributed by atoms with Gasteiger partial charge in [-0.05, 0) is 31.6 Å². The third-order valence-corrected chi connectivity index (χ3v) is 3.63. The number of amides is 1. The normalized spacial score (nSPS) is 39.2. The number of nitrogens with one attached hydrogen (secondary N) is 1. The summed E-state index contributed by atoms with van der Waals surface area (Å²) < 4.78 is 0. The van der Waals surface area contributed by atoms with E-state index in [4.69, 9.17) is 0 Å². The van der Waals surface area contributed by atoms with E-state index in [-0.39, 0.29) is 23.8 Å². The van der Waals surface area contributed by atoms with Crippen molar-refractivity contribution in [3.05, 3.63) is 0 Å². The van der Waals surface area contributed by atoms with Crippen molar-refractivity contribution in [3.63, 3.8) is 0 Å². The van der Waals surface area contributed by atoms with Crippen LogP contribution in [0.4, 0.5) is 0 Å². The van der Waals surface area contributed by atoms with E-state index >= 15 is 0 Å². The summed E-state index contributed by atoms with van der Waals surface area (Å²) in [5, 5.41) is 12.8. The first-order valence-corrected chi connectivity index (χ1v) is 5.75. The van der Waals surface area contributed by atoms with Crippen molar-refractivity contribution >= 4 is 5.91 Å². The predicted molar refractivity (Wildman–Crippen MR) is 53.7 cm³/mol. The van der Waals surface area contributed by atoms with E-state index in [0.29, 0.717) is 0 Å². The Balaban J connectivity index is 2.00. The molecule has 2 rings (SSSR count). The molecule has 0 aromatic carbocycles. The van der Waals surface area contributed by atoms with Crippen molar-refractivity contribution in [1.29, 1.82) is 0 Å². The Morgan fingerprint density at radius 1 is 1.14 bits per heavy atom. The van der Waals surface area contributed by atoms with Gasteiger partial charge in [-0.3, -0.25) is 4.79 Å². The molecule has 0 aromatic heterocycles. The molecule has 0 spiro atoms. The second kappa shape index (κ2) is 4.30. The predicted octanol–water partition coefficient (Wildman–Crippen LogP) is 1.06. The quantitative estimate of drug-likeness (QED) is 0.660. The highest BCUT2D eigenvalue weighted by Gasteiger charge is 2.35. The minimum Gasteiger partial charge on any atom is -0.393 e. The monoisotopic (exact) mass is 197 g/mol. The number of hydrogen-bond acceptors (Lipinski definition) is 2. The first-order chi connectivity index (χ1) is 6.79. The molecule has 2 fully saturated rings. The Hall–Kier alpha value is -0.570. The molecule has 2 N–H and O–H groups in total.